The Morgan fingerprint density at radius 3 is 2.43 bits per heavy atom. The van der Waals surface area contributed by atoms with Gasteiger partial charge in [0, 0.05) is 17.6 Å². The third-order valence-corrected chi connectivity index (χ3v) is 3.36. The molecule has 1 atom stereocenters. The molecule has 1 unspecified atom stereocenters. The number of benzene rings is 2. The normalized spacial score (nSPS) is 12.5. The van der Waals surface area contributed by atoms with Crippen molar-refractivity contribution in [3.63, 3.8) is 0 Å². The molecule has 0 saturated carbocycles. The molecule has 0 aliphatic rings. The molecule has 106 valence electrons. The summed E-state index contributed by atoms with van der Waals surface area (Å²) >= 11 is 0. The van der Waals surface area contributed by atoms with Gasteiger partial charge in [-0.05, 0) is 29.1 Å². The number of fused-ring (bicyclic) bond motifs is 1. The summed E-state index contributed by atoms with van der Waals surface area (Å²) in [6.45, 7) is 0. The van der Waals surface area contributed by atoms with Crippen LogP contribution in [0.25, 0.3) is 10.8 Å². The van der Waals surface area contributed by atoms with E-state index in [-0.39, 0.29) is 0 Å². The number of nitrogens with zero attached hydrogens (tertiary/aromatic N) is 1. The topological polar surface area (TPSA) is 50.9 Å². The largest absolute Gasteiger partial charge is 0.271 e. The highest BCUT2D eigenvalue weighted by Gasteiger charge is 2.18. The Balaban J connectivity index is 2.18. The van der Waals surface area contributed by atoms with Gasteiger partial charge in [0.2, 0.25) is 0 Å². The zero-order valence-corrected chi connectivity index (χ0v) is 11.1. The third-order valence-electron chi connectivity index (χ3n) is 3.36. The van der Waals surface area contributed by atoms with Crippen LogP contribution in [0.5, 0.6) is 0 Å². The van der Waals surface area contributed by atoms with Crippen LogP contribution >= 0.6 is 0 Å². The van der Waals surface area contributed by atoms with Crippen LogP contribution < -0.4 is 11.3 Å². The van der Waals surface area contributed by atoms with Crippen molar-refractivity contribution in [1.29, 1.82) is 0 Å². The molecule has 2 aromatic carbocycles. The van der Waals surface area contributed by atoms with Gasteiger partial charge in [-0.2, -0.15) is 0 Å². The van der Waals surface area contributed by atoms with Crippen molar-refractivity contribution in [1.82, 2.24) is 10.4 Å². The number of hydrogen-bond donors (Lipinski definition) is 2. The van der Waals surface area contributed by atoms with Crippen LogP contribution in [0.1, 0.15) is 17.3 Å². The van der Waals surface area contributed by atoms with Gasteiger partial charge in [0.25, 0.3) is 0 Å². The average molecular weight is 285 g/mol. The maximum absolute atomic E-state index is 13.4. The van der Waals surface area contributed by atoms with Crippen molar-refractivity contribution in [2.45, 2.75) is 6.04 Å². The van der Waals surface area contributed by atoms with Gasteiger partial charge >= 0.3 is 0 Å². The molecule has 0 saturated heterocycles. The maximum Gasteiger partial charge on any atom is 0.126 e. The molecule has 0 radical (unpaired) electrons. The van der Waals surface area contributed by atoms with E-state index >= 15 is 0 Å². The van der Waals surface area contributed by atoms with Gasteiger partial charge in [-0.15, -0.1) is 0 Å². The van der Waals surface area contributed by atoms with Crippen molar-refractivity contribution in [2.24, 2.45) is 5.84 Å². The highest BCUT2D eigenvalue weighted by atomic mass is 19.1. The van der Waals surface area contributed by atoms with E-state index in [0.29, 0.717) is 11.3 Å². The van der Waals surface area contributed by atoms with Gasteiger partial charge < -0.3 is 0 Å². The summed E-state index contributed by atoms with van der Waals surface area (Å²) < 4.78 is 26.9. The Morgan fingerprint density at radius 2 is 1.71 bits per heavy atom. The Labute approximate surface area is 120 Å². The monoisotopic (exact) mass is 285 g/mol. The van der Waals surface area contributed by atoms with Crippen molar-refractivity contribution < 1.29 is 8.78 Å². The van der Waals surface area contributed by atoms with Gasteiger partial charge in [-0.3, -0.25) is 10.8 Å². The summed E-state index contributed by atoms with van der Waals surface area (Å²) in [5.41, 5.74) is 3.60. The summed E-state index contributed by atoms with van der Waals surface area (Å²) in [7, 11) is 0. The molecule has 0 fully saturated rings. The molecule has 0 bridgehead atoms. The standard InChI is InChI=1S/C16H13F2N3/c17-12-7-11(8-13(18)9-12)15(21-19)16-14-4-2-1-3-10(14)5-6-20-16/h1-9,15,21H,19H2. The van der Waals surface area contributed by atoms with E-state index in [4.69, 9.17) is 5.84 Å². The van der Waals surface area contributed by atoms with E-state index in [0.717, 1.165) is 16.8 Å². The molecule has 3 aromatic rings. The number of nitrogens with one attached hydrogen (secondary N) is 1. The highest BCUT2D eigenvalue weighted by molar-refractivity contribution is 5.85. The molecule has 5 heteroatoms. The minimum absolute atomic E-state index is 0.388. The predicted molar refractivity (Wildman–Crippen MR) is 77.3 cm³/mol. The lowest BCUT2D eigenvalue weighted by Crippen LogP contribution is -2.29. The van der Waals surface area contributed by atoms with Crippen LogP contribution in [0.2, 0.25) is 0 Å². The Hall–Kier alpha value is -2.37. The number of aromatic nitrogens is 1. The lowest BCUT2D eigenvalue weighted by atomic mass is 9.99. The lowest BCUT2D eigenvalue weighted by molar-refractivity contribution is 0.564. The first kappa shape index (κ1) is 13.6. The maximum atomic E-state index is 13.4. The molecule has 3 N–H and O–H groups in total. The second-order valence-corrected chi connectivity index (χ2v) is 4.72. The summed E-state index contributed by atoms with van der Waals surface area (Å²) in [6, 6.07) is 12.2. The van der Waals surface area contributed by atoms with E-state index in [1.807, 2.05) is 30.3 Å². The van der Waals surface area contributed by atoms with Gasteiger partial charge in [-0.1, -0.05) is 24.3 Å². The quantitative estimate of drug-likeness (QED) is 0.574. The van der Waals surface area contributed by atoms with Gasteiger partial charge in [0.1, 0.15) is 11.6 Å². The Morgan fingerprint density at radius 1 is 1.00 bits per heavy atom. The molecule has 0 amide bonds. The molecular weight excluding hydrogens is 272 g/mol. The smallest absolute Gasteiger partial charge is 0.126 e. The first-order valence-corrected chi connectivity index (χ1v) is 6.45. The van der Waals surface area contributed by atoms with Crippen LogP contribution in [0.3, 0.4) is 0 Å². The molecule has 3 nitrogen and oxygen atoms in total. The van der Waals surface area contributed by atoms with Gasteiger partial charge in [0.15, 0.2) is 0 Å². The van der Waals surface area contributed by atoms with Crippen molar-refractivity contribution in [3.05, 3.63) is 77.6 Å². The summed E-state index contributed by atoms with van der Waals surface area (Å²) in [6.07, 6.45) is 1.65. The molecule has 1 heterocycles. The van der Waals surface area contributed by atoms with Crippen molar-refractivity contribution in [2.75, 3.05) is 0 Å². The fraction of sp³-hybridized carbons (Fsp3) is 0.0625. The van der Waals surface area contributed by atoms with Crippen LogP contribution in [0, 0.1) is 11.6 Å². The van der Waals surface area contributed by atoms with Crippen LogP contribution in [0.4, 0.5) is 8.78 Å². The first-order valence-electron chi connectivity index (χ1n) is 6.45. The molecule has 0 aliphatic heterocycles. The second kappa shape index (κ2) is 5.55. The number of rotatable bonds is 3. The summed E-state index contributed by atoms with van der Waals surface area (Å²) in [4.78, 5) is 4.33. The molecule has 3 rings (SSSR count). The minimum Gasteiger partial charge on any atom is -0.271 e. The number of halogens is 2. The predicted octanol–water partition coefficient (Wildman–Crippen LogP) is 3.07. The summed E-state index contributed by atoms with van der Waals surface area (Å²) in [5.74, 6) is 4.30. The first-order chi connectivity index (χ1) is 10.2. The highest BCUT2D eigenvalue weighted by Crippen LogP contribution is 2.27. The van der Waals surface area contributed by atoms with Crippen molar-refractivity contribution in [3.8, 4) is 0 Å². The van der Waals surface area contributed by atoms with Gasteiger partial charge in [0.05, 0.1) is 11.7 Å². The SMILES string of the molecule is NNC(c1cc(F)cc(F)c1)c1nccc2ccccc12. The van der Waals surface area contributed by atoms with Crippen LogP contribution in [-0.2, 0) is 0 Å². The lowest BCUT2D eigenvalue weighted by Gasteiger charge is -2.18. The van der Waals surface area contributed by atoms with E-state index in [2.05, 4.69) is 10.4 Å². The Bertz CT molecular complexity index is 764. The van der Waals surface area contributed by atoms with E-state index < -0.39 is 17.7 Å². The van der Waals surface area contributed by atoms with E-state index in [9.17, 15) is 8.78 Å². The minimum atomic E-state index is -0.648. The molecule has 1 aromatic heterocycles. The van der Waals surface area contributed by atoms with Crippen molar-refractivity contribution >= 4 is 10.8 Å². The zero-order chi connectivity index (χ0) is 14.8. The van der Waals surface area contributed by atoms with E-state index in [1.54, 1.807) is 6.20 Å². The second-order valence-electron chi connectivity index (χ2n) is 4.72. The average Bonchev–Trinajstić information content (AvgIpc) is 2.47. The van der Waals surface area contributed by atoms with Gasteiger partial charge in [-0.25, -0.2) is 14.2 Å². The van der Waals surface area contributed by atoms with E-state index in [1.165, 1.54) is 12.1 Å². The summed E-state index contributed by atoms with van der Waals surface area (Å²) in [5, 5.41) is 1.87. The molecule has 0 aliphatic carbocycles. The fourth-order valence-electron chi connectivity index (χ4n) is 2.45. The molecular formula is C16H13F2N3. The van der Waals surface area contributed by atoms with Crippen LogP contribution in [-0.4, -0.2) is 4.98 Å². The fourth-order valence-corrected chi connectivity index (χ4v) is 2.45. The third kappa shape index (κ3) is 2.61. The molecule has 21 heavy (non-hydrogen) atoms. The number of nitrogens with two attached hydrogens (primary N) is 1. The number of pyridine rings is 1. The number of hydrazine groups is 1. The van der Waals surface area contributed by atoms with Crippen LogP contribution in [0.15, 0.2) is 54.7 Å². The Kier molecular flexibility index (Phi) is 3.60. The zero-order valence-electron chi connectivity index (χ0n) is 11.1. The number of hydrogen-bond acceptors (Lipinski definition) is 3. The molecule has 0 spiro atoms.